The van der Waals surface area contributed by atoms with Gasteiger partial charge in [0.1, 0.15) is 11.5 Å². The van der Waals surface area contributed by atoms with Gasteiger partial charge < -0.3 is 20.1 Å². The monoisotopic (exact) mass is 368 g/mol. The zero-order valence-corrected chi connectivity index (χ0v) is 15.9. The number of urea groups is 1. The molecule has 0 bridgehead atoms. The number of rotatable bonds is 8. The fourth-order valence-corrected chi connectivity index (χ4v) is 3.22. The van der Waals surface area contributed by atoms with Gasteiger partial charge in [-0.05, 0) is 68.0 Å². The van der Waals surface area contributed by atoms with Crippen LogP contribution in [0.15, 0.2) is 48.5 Å². The Morgan fingerprint density at radius 2 is 1.67 bits per heavy atom. The zero-order chi connectivity index (χ0) is 18.9. The van der Waals surface area contributed by atoms with E-state index in [4.69, 9.17) is 9.47 Å². The number of amides is 2. The maximum Gasteiger partial charge on any atom is 0.315 e. The van der Waals surface area contributed by atoms with E-state index in [1.54, 1.807) is 0 Å². The van der Waals surface area contributed by atoms with Crippen molar-refractivity contribution >= 4 is 6.03 Å². The number of hydrogen-bond acceptors (Lipinski definition) is 3. The highest BCUT2D eigenvalue weighted by molar-refractivity contribution is 5.73. The lowest BCUT2D eigenvalue weighted by Crippen LogP contribution is -2.34. The van der Waals surface area contributed by atoms with Crippen LogP contribution in [0.1, 0.15) is 43.7 Å². The summed E-state index contributed by atoms with van der Waals surface area (Å²) in [6, 6.07) is 15.5. The van der Waals surface area contributed by atoms with Gasteiger partial charge in [-0.2, -0.15) is 0 Å². The van der Waals surface area contributed by atoms with E-state index < -0.39 is 0 Å². The Bertz CT molecular complexity index is 725. The van der Waals surface area contributed by atoms with Crippen molar-refractivity contribution in [3.63, 3.8) is 0 Å². The van der Waals surface area contributed by atoms with Crippen molar-refractivity contribution in [2.24, 2.45) is 0 Å². The molecule has 1 fully saturated rings. The van der Waals surface area contributed by atoms with Crippen molar-refractivity contribution in [3.8, 4) is 11.5 Å². The number of benzene rings is 2. The molecule has 1 aliphatic carbocycles. The van der Waals surface area contributed by atoms with Crippen molar-refractivity contribution in [2.45, 2.75) is 51.8 Å². The van der Waals surface area contributed by atoms with Crippen molar-refractivity contribution in [1.29, 1.82) is 0 Å². The molecule has 0 atom stereocenters. The predicted molar refractivity (Wildman–Crippen MR) is 106 cm³/mol. The van der Waals surface area contributed by atoms with Gasteiger partial charge in [0.05, 0.1) is 12.7 Å². The molecule has 0 spiro atoms. The Kier molecular flexibility index (Phi) is 6.97. The molecule has 2 aromatic rings. The summed E-state index contributed by atoms with van der Waals surface area (Å²) in [6.45, 7) is 3.52. The summed E-state index contributed by atoms with van der Waals surface area (Å²) in [5.74, 6) is 1.72. The third-order valence-corrected chi connectivity index (χ3v) is 4.64. The molecule has 2 amide bonds. The van der Waals surface area contributed by atoms with E-state index in [-0.39, 0.29) is 6.03 Å². The Morgan fingerprint density at radius 3 is 2.37 bits per heavy atom. The van der Waals surface area contributed by atoms with Crippen LogP contribution in [0.2, 0.25) is 0 Å². The van der Waals surface area contributed by atoms with Crippen LogP contribution >= 0.6 is 0 Å². The van der Waals surface area contributed by atoms with Gasteiger partial charge in [-0.15, -0.1) is 0 Å². The minimum absolute atomic E-state index is 0.192. The van der Waals surface area contributed by atoms with Crippen LogP contribution in [-0.4, -0.2) is 18.7 Å². The molecule has 0 saturated heterocycles. The zero-order valence-electron chi connectivity index (χ0n) is 15.9. The lowest BCUT2D eigenvalue weighted by molar-refractivity contribution is 0.210. The first-order valence-electron chi connectivity index (χ1n) is 9.72. The molecule has 27 heavy (non-hydrogen) atoms. The van der Waals surface area contributed by atoms with E-state index in [9.17, 15) is 4.79 Å². The van der Waals surface area contributed by atoms with E-state index in [0.29, 0.717) is 25.8 Å². The summed E-state index contributed by atoms with van der Waals surface area (Å²) in [6.07, 6.45) is 5.18. The van der Waals surface area contributed by atoms with Crippen LogP contribution in [-0.2, 0) is 13.1 Å². The molecule has 0 aliphatic heterocycles. The molecule has 0 heterocycles. The molecule has 2 N–H and O–H groups in total. The minimum atomic E-state index is -0.192. The van der Waals surface area contributed by atoms with Crippen molar-refractivity contribution in [1.82, 2.24) is 10.6 Å². The molecule has 1 aliphatic rings. The van der Waals surface area contributed by atoms with Gasteiger partial charge in [-0.1, -0.05) is 24.3 Å². The molecule has 0 aromatic heterocycles. The predicted octanol–water partition coefficient (Wildman–Crippen LogP) is 4.41. The minimum Gasteiger partial charge on any atom is -0.494 e. The fraction of sp³-hybridized carbons (Fsp3) is 0.409. The van der Waals surface area contributed by atoms with Crippen molar-refractivity contribution in [2.75, 3.05) is 6.61 Å². The summed E-state index contributed by atoms with van der Waals surface area (Å²) in [4.78, 5) is 12.0. The Balaban J connectivity index is 1.40. The number of nitrogens with one attached hydrogen (secondary N) is 2. The first kappa shape index (κ1) is 19.1. The SMILES string of the molecule is CCOc1cccc(CNC(=O)NCc2ccc(OC3CCCC3)cc2)c1. The second kappa shape index (κ2) is 9.86. The highest BCUT2D eigenvalue weighted by Gasteiger charge is 2.16. The van der Waals surface area contributed by atoms with Crippen LogP contribution in [0.3, 0.4) is 0 Å². The Morgan fingerprint density at radius 1 is 0.963 bits per heavy atom. The maximum atomic E-state index is 12.0. The van der Waals surface area contributed by atoms with Gasteiger partial charge in [0.25, 0.3) is 0 Å². The first-order chi connectivity index (χ1) is 13.2. The average Bonchev–Trinajstić information content (AvgIpc) is 3.19. The van der Waals surface area contributed by atoms with E-state index in [1.807, 2.05) is 55.5 Å². The molecule has 1 saturated carbocycles. The van der Waals surface area contributed by atoms with Crippen LogP contribution in [0.25, 0.3) is 0 Å². The molecule has 5 heteroatoms. The van der Waals surface area contributed by atoms with Gasteiger partial charge in [0.2, 0.25) is 0 Å². The lowest BCUT2D eigenvalue weighted by atomic mass is 10.2. The topological polar surface area (TPSA) is 59.6 Å². The van der Waals surface area contributed by atoms with E-state index in [0.717, 1.165) is 35.5 Å². The number of carbonyl (C=O) groups is 1. The van der Waals surface area contributed by atoms with Gasteiger partial charge >= 0.3 is 6.03 Å². The van der Waals surface area contributed by atoms with E-state index in [2.05, 4.69) is 10.6 Å². The molecule has 5 nitrogen and oxygen atoms in total. The van der Waals surface area contributed by atoms with E-state index in [1.165, 1.54) is 12.8 Å². The normalized spacial score (nSPS) is 14.0. The third kappa shape index (κ3) is 6.20. The van der Waals surface area contributed by atoms with Crippen LogP contribution in [0.4, 0.5) is 4.79 Å². The number of carbonyl (C=O) groups excluding carboxylic acids is 1. The second-order valence-corrected chi connectivity index (χ2v) is 6.78. The lowest BCUT2D eigenvalue weighted by Gasteiger charge is -2.13. The van der Waals surface area contributed by atoms with Gasteiger partial charge in [0.15, 0.2) is 0 Å². The number of ether oxygens (including phenoxy) is 2. The maximum absolute atomic E-state index is 12.0. The van der Waals surface area contributed by atoms with Crippen molar-refractivity contribution in [3.05, 3.63) is 59.7 Å². The average molecular weight is 368 g/mol. The van der Waals surface area contributed by atoms with Gasteiger partial charge in [-0.3, -0.25) is 0 Å². The third-order valence-electron chi connectivity index (χ3n) is 4.64. The molecule has 2 aromatic carbocycles. The quantitative estimate of drug-likeness (QED) is 0.726. The molecule has 0 radical (unpaired) electrons. The molecular formula is C22H28N2O3. The van der Waals surface area contributed by atoms with Gasteiger partial charge in [-0.25, -0.2) is 4.79 Å². The van der Waals surface area contributed by atoms with Crippen LogP contribution in [0.5, 0.6) is 11.5 Å². The molecule has 144 valence electrons. The summed E-state index contributed by atoms with van der Waals surface area (Å²) in [5.41, 5.74) is 2.05. The summed E-state index contributed by atoms with van der Waals surface area (Å²) >= 11 is 0. The Hall–Kier alpha value is -2.69. The summed E-state index contributed by atoms with van der Waals surface area (Å²) < 4.78 is 11.4. The summed E-state index contributed by atoms with van der Waals surface area (Å²) in [7, 11) is 0. The highest BCUT2D eigenvalue weighted by atomic mass is 16.5. The largest absolute Gasteiger partial charge is 0.494 e. The molecular weight excluding hydrogens is 340 g/mol. The molecule has 3 rings (SSSR count). The molecule has 0 unspecified atom stereocenters. The van der Waals surface area contributed by atoms with Crippen LogP contribution < -0.4 is 20.1 Å². The highest BCUT2D eigenvalue weighted by Crippen LogP contribution is 2.24. The Labute approximate surface area is 161 Å². The second-order valence-electron chi connectivity index (χ2n) is 6.78. The summed E-state index contributed by atoms with van der Waals surface area (Å²) in [5, 5.41) is 5.75. The number of hydrogen-bond donors (Lipinski definition) is 2. The van der Waals surface area contributed by atoms with Gasteiger partial charge in [0, 0.05) is 13.1 Å². The first-order valence-corrected chi connectivity index (χ1v) is 9.72. The smallest absolute Gasteiger partial charge is 0.315 e. The van der Waals surface area contributed by atoms with E-state index >= 15 is 0 Å². The fourth-order valence-electron chi connectivity index (χ4n) is 3.22. The van der Waals surface area contributed by atoms with Crippen molar-refractivity contribution < 1.29 is 14.3 Å². The van der Waals surface area contributed by atoms with Crippen LogP contribution in [0, 0.1) is 0 Å². The standard InChI is InChI=1S/C22H28N2O3/c1-2-26-21-9-5-6-18(14-21)16-24-22(25)23-15-17-10-12-20(13-11-17)27-19-7-3-4-8-19/h5-6,9-14,19H,2-4,7-8,15-16H2,1H3,(H2,23,24,25).